The maximum absolute atomic E-state index is 14.0. The van der Waals surface area contributed by atoms with Crippen molar-refractivity contribution in [1.82, 2.24) is 9.13 Å². The molecule has 202 valence electrons. The van der Waals surface area contributed by atoms with E-state index >= 15 is 0 Å². The molecular weight excluding hydrogens is 633 g/mol. The second-order valence-electron chi connectivity index (χ2n) is 9.35. The van der Waals surface area contributed by atoms with Gasteiger partial charge in [0.2, 0.25) is 5.62 Å². The molecule has 39 heavy (non-hydrogen) atoms. The van der Waals surface area contributed by atoms with Crippen molar-refractivity contribution in [2.75, 3.05) is 20.8 Å². The van der Waals surface area contributed by atoms with E-state index in [1.165, 1.54) is 12.1 Å². The van der Waals surface area contributed by atoms with E-state index in [4.69, 9.17) is 19.6 Å². The Balaban J connectivity index is 1.58. The lowest BCUT2D eigenvalue weighted by Gasteiger charge is -2.28. The fourth-order valence-corrected chi connectivity index (χ4v) is 6.34. The van der Waals surface area contributed by atoms with Crippen LogP contribution in [0.5, 0.6) is 17.2 Å². The zero-order valence-corrected chi connectivity index (χ0v) is 24.7. The Hall–Kier alpha value is -3.37. The summed E-state index contributed by atoms with van der Waals surface area (Å²) in [6.45, 7) is 0.575. The zero-order valence-electron chi connectivity index (χ0n) is 21.6. The molecule has 7 nitrogen and oxygen atoms in total. The third-order valence-electron chi connectivity index (χ3n) is 6.91. The molecule has 0 fully saturated rings. The number of carbonyl (C=O) groups is 1. The number of aromatic nitrogens is 2. The van der Waals surface area contributed by atoms with Crippen molar-refractivity contribution < 1.29 is 23.4 Å². The summed E-state index contributed by atoms with van der Waals surface area (Å²) in [6, 6.07) is 11.7. The summed E-state index contributed by atoms with van der Waals surface area (Å²) in [6.07, 6.45) is 4.02. The van der Waals surface area contributed by atoms with Crippen molar-refractivity contribution in [2.45, 2.75) is 13.0 Å². The van der Waals surface area contributed by atoms with Crippen molar-refractivity contribution in [3.05, 3.63) is 91.9 Å². The van der Waals surface area contributed by atoms with E-state index in [0.29, 0.717) is 47.0 Å². The van der Waals surface area contributed by atoms with Crippen molar-refractivity contribution in [1.29, 1.82) is 5.41 Å². The number of methoxy groups -OCH3 is 2. The van der Waals surface area contributed by atoms with Crippen LogP contribution in [-0.2, 0) is 20.0 Å². The lowest BCUT2D eigenvalue weighted by molar-refractivity contribution is 0.0830. The molecule has 0 radical (unpaired) electrons. The molecule has 0 spiro atoms. The van der Waals surface area contributed by atoms with E-state index in [1.807, 2.05) is 24.5 Å². The highest BCUT2D eigenvalue weighted by atomic mass is 79.9. The van der Waals surface area contributed by atoms with E-state index < -0.39 is 5.92 Å². The zero-order chi connectivity index (χ0) is 27.8. The first-order valence-corrected chi connectivity index (χ1v) is 13.8. The largest absolute Gasteiger partial charge is 0.495 e. The third-order valence-corrected chi connectivity index (χ3v) is 8.65. The van der Waals surface area contributed by atoms with Crippen LogP contribution in [0.1, 0.15) is 21.5 Å². The molecule has 2 heterocycles. The van der Waals surface area contributed by atoms with Gasteiger partial charge >= 0.3 is 0 Å². The van der Waals surface area contributed by atoms with Crippen LogP contribution in [0.3, 0.4) is 0 Å². The van der Waals surface area contributed by atoms with Gasteiger partial charge in [-0.1, -0.05) is 12.1 Å². The number of hydrogen-bond acceptors (Lipinski definition) is 5. The lowest BCUT2D eigenvalue weighted by atomic mass is 9.86. The molecule has 5 rings (SSSR count). The van der Waals surface area contributed by atoms with Crippen molar-refractivity contribution in [3.8, 4) is 28.4 Å². The Morgan fingerprint density at radius 3 is 2.26 bits per heavy atom. The summed E-state index contributed by atoms with van der Waals surface area (Å²) in [5, 5.41) is 8.32. The Morgan fingerprint density at radius 1 is 1.03 bits per heavy atom. The summed E-state index contributed by atoms with van der Waals surface area (Å²) in [5.74, 6) is 0.824. The van der Waals surface area contributed by atoms with Crippen molar-refractivity contribution in [3.63, 3.8) is 0 Å². The third kappa shape index (κ3) is 5.15. The second-order valence-corrected chi connectivity index (χ2v) is 10.9. The molecule has 0 bridgehead atoms. The monoisotopic (exact) mass is 657 g/mol. The SMILES string of the molecule is COc1cc(OC)c(Br)c(C[C@H]2COc3c(cc(Cn4ccn(C)c4=N)cc3-c3ccc(F)cc3)C2=O)c1Br. The van der Waals surface area contributed by atoms with Crippen LogP contribution in [0.4, 0.5) is 4.39 Å². The Kier molecular flexibility index (Phi) is 7.68. The van der Waals surface area contributed by atoms with Crippen LogP contribution in [0.25, 0.3) is 11.1 Å². The molecular formula is C29H26Br2FN3O4. The average molecular weight is 659 g/mol. The molecule has 1 atom stereocenters. The number of aryl methyl sites for hydroxylation is 1. The number of benzene rings is 3. The molecule has 0 saturated heterocycles. The number of rotatable bonds is 7. The molecule has 0 saturated carbocycles. The predicted molar refractivity (Wildman–Crippen MR) is 152 cm³/mol. The van der Waals surface area contributed by atoms with Crippen molar-refractivity contribution in [2.24, 2.45) is 13.0 Å². The van der Waals surface area contributed by atoms with Crippen molar-refractivity contribution >= 4 is 37.6 Å². The number of ketones is 1. The van der Waals surface area contributed by atoms with Crippen LogP contribution >= 0.6 is 31.9 Å². The van der Waals surface area contributed by atoms with E-state index in [0.717, 1.165) is 25.6 Å². The predicted octanol–water partition coefficient (Wildman–Crippen LogP) is 6.14. The molecule has 10 heteroatoms. The highest BCUT2D eigenvalue weighted by Crippen LogP contribution is 2.44. The van der Waals surface area contributed by atoms with E-state index in [9.17, 15) is 9.18 Å². The molecule has 1 N–H and O–H groups in total. The normalized spacial score (nSPS) is 14.6. The van der Waals surface area contributed by atoms with Gasteiger partial charge in [-0.3, -0.25) is 10.2 Å². The fraction of sp³-hybridized carbons (Fsp3) is 0.241. The molecule has 0 unspecified atom stereocenters. The number of nitrogens with zero attached hydrogens (tertiary/aromatic N) is 2. The molecule has 0 amide bonds. The summed E-state index contributed by atoms with van der Waals surface area (Å²) in [4.78, 5) is 14.0. The molecule has 3 aromatic carbocycles. The Morgan fingerprint density at radius 2 is 1.67 bits per heavy atom. The van der Waals surface area contributed by atoms with Gasteiger partial charge in [0, 0.05) is 31.1 Å². The summed E-state index contributed by atoms with van der Waals surface area (Å²) < 4.78 is 36.0. The van der Waals surface area contributed by atoms with E-state index in [1.54, 1.807) is 48.6 Å². The van der Waals surface area contributed by atoms with E-state index in [-0.39, 0.29) is 18.2 Å². The minimum atomic E-state index is -0.464. The molecule has 0 aliphatic carbocycles. The van der Waals surface area contributed by atoms with Gasteiger partial charge in [-0.2, -0.15) is 0 Å². The standard InChI is InChI=1S/C29H26Br2FN3O4/c1-34-8-9-35(29(34)33)14-16-10-20(17-4-6-19(32)7-5-17)28-22(11-16)27(36)18(15-39-28)12-21-25(30)23(37-2)13-24(38-3)26(21)31/h4-11,13,18,33H,12,14-15H2,1-3H3/t18-/m0/s1. The van der Waals surface area contributed by atoms with Gasteiger partial charge in [-0.05, 0) is 79.2 Å². The summed E-state index contributed by atoms with van der Waals surface area (Å²) >= 11 is 7.25. The smallest absolute Gasteiger partial charge is 0.202 e. The molecule has 4 aromatic rings. The topological polar surface area (TPSA) is 78.5 Å². The number of Topliss-reactive ketones (excluding diaryl/α,β-unsaturated/α-hetero) is 1. The van der Waals surface area contributed by atoms with Crippen LogP contribution in [0.2, 0.25) is 0 Å². The second kappa shape index (κ2) is 11.0. The molecule has 1 aromatic heterocycles. The number of ether oxygens (including phenoxy) is 3. The first-order valence-electron chi connectivity index (χ1n) is 12.2. The van der Waals surface area contributed by atoms with Gasteiger partial charge in [0.1, 0.15) is 23.1 Å². The minimum absolute atomic E-state index is 0.0498. The van der Waals surface area contributed by atoms with Gasteiger partial charge in [-0.15, -0.1) is 0 Å². The van der Waals surface area contributed by atoms with Crippen LogP contribution in [-0.4, -0.2) is 35.7 Å². The van der Waals surface area contributed by atoms with Crippen LogP contribution in [0, 0.1) is 17.1 Å². The highest BCUT2D eigenvalue weighted by Gasteiger charge is 2.33. The number of halogens is 3. The quantitative estimate of drug-likeness (QED) is 0.259. The Bertz CT molecular complexity index is 1600. The van der Waals surface area contributed by atoms with Crippen LogP contribution in [0.15, 0.2) is 63.8 Å². The van der Waals surface area contributed by atoms with E-state index in [2.05, 4.69) is 31.9 Å². The number of imidazole rings is 1. The maximum atomic E-state index is 14.0. The van der Waals surface area contributed by atoms with Gasteiger partial charge in [0.05, 0.1) is 47.8 Å². The Labute approximate surface area is 241 Å². The van der Waals surface area contributed by atoms with Gasteiger partial charge in [-0.25, -0.2) is 4.39 Å². The lowest BCUT2D eigenvalue weighted by Crippen LogP contribution is -2.30. The molecule has 1 aliphatic heterocycles. The first kappa shape index (κ1) is 27.2. The number of fused-ring (bicyclic) bond motifs is 1. The number of carbonyl (C=O) groups excluding carboxylic acids is 1. The van der Waals surface area contributed by atoms with Gasteiger partial charge in [0.15, 0.2) is 5.78 Å². The maximum Gasteiger partial charge on any atom is 0.202 e. The molecule has 1 aliphatic rings. The van der Waals surface area contributed by atoms with Crippen LogP contribution < -0.4 is 19.8 Å². The summed E-state index contributed by atoms with van der Waals surface area (Å²) in [5.41, 5.74) is 3.92. The highest BCUT2D eigenvalue weighted by molar-refractivity contribution is 9.11. The first-order chi connectivity index (χ1) is 18.7. The van der Waals surface area contributed by atoms with Gasteiger partial charge < -0.3 is 23.3 Å². The summed E-state index contributed by atoms with van der Waals surface area (Å²) in [7, 11) is 4.96. The average Bonchev–Trinajstić information content (AvgIpc) is 3.25. The fourth-order valence-electron chi connectivity index (χ4n) is 4.80. The minimum Gasteiger partial charge on any atom is -0.495 e. The number of nitrogens with one attached hydrogen (secondary N) is 1. The number of hydrogen-bond donors (Lipinski definition) is 1. The van der Waals surface area contributed by atoms with Gasteiger partial charge in [0.25, 0.3) is 0 Å².